The van der Waals surface area contributed by atoms with E-state index in [1.54, 1.807) is 12.0 Å². The fourth-order valence-electron chi connectivity index (χ4n) is 6.43. The van der Waals surface area contributed by atoms with Gasteiger partial charge in [0.05, 0.1) is 25.1 Å². The molecule has 1 saturated heterocycles. The average molecular weight is 569 g/mol. The molecule has 3 aliphatic heterocycles. The summed E-state index contributed by atoms with van der Waals surface area (Å²) in [7, 11) is 1.59. The molecule has 0 radical (unpaired) electrons. The Morgan fingerprint density at radius 1 is 1.15 bits per heavy atom. The summed E-state index contributed by atoms with van der Waals surface area (Å²) in [5.74, 6) is -1.45. The molecule has 1 N–H and O–H groups in total. The number of halogens is 1. The minimum absolute atomic E-state index is 0.114. The fraction of sp³-hybridized carbons (Fsp3) is 0.516. The molecule has 8 nitrogen and oxygen atoms in total. The summed E-state index contributed by atoms with van der Waals surface area (Å²) in [6.45, 7) is 6.96. The van der Waals surface area contributed by atoms with Crippen LogP contribution in [-0.4, -0.2) is 60.1 Å². The van der Waals surface area contributed by atoms with E-state index in [0.29, 0.717) is 30.2 Å². The predicted octanol–water partition coefficient (Wildman–Crippen LogP) is 5.24. The van der Waals surface area contributed by atoms with Gasteiger partial charge in [-0.05, 0) is 54.9 Å². The van der Waals surface area contributed by atoms with Crippen LogP contribution in [0.3, 0.4) is 0 Å². The number of piperidine rings is 1. The number of nitrogens with zero attached hydrogens (tertiary/aromatic N) is 2. The van der Waals surface area contributed by atoms with Gasteiger partial charge in [0.15, 0.2) is 0 Å². The molecule has 2 aromatic rings. The van der Waals surface area contributed by atoms with E-state index in [1.165, 1.54) is 0 Å². The highest BCUT2D eigenvalue weighted by Crippen LogP contribution is 2.49. The first kappa shape index (κ1) is 28.4. The van der Waals surface area contributed by atoms with Gasteiger partial charge in [0.25, 0.3) is 5.91 Å². The molecular formula is C31H37ClN2O6. The number of carboxylic acids is 1. The van der Waals surface area contributed by atoms with Gasteiger partial charge in [0, 0.05) is 35.3 Å². The zero-order valence-corrected chi connectivity index (χ0v) is 24.2. The maximum Gasteiger partial charge on any atom is 0.308 e. The van der Waals surface area contributed by atoms with Gasteiger partial charge in [-0.2, -0.15) is 0 Å². The van der Waals surface area contributed by atoms with Gasteiger partial charge in [-0.15, -0.1) is 0 Å². The highest BCUT2D eigenvalue weighted by atomic mass is 35.5. The Bertz CT molecular complexity index is 1320. The number of aliphatic carboxylic acids is 1. The van der Waals surface area contributed by atoms with Crippen molar-refractivity contribution in [3.8, 4) is 5.75 Å². The number of rotatable bonds is 5. The lowest BCUT2D eigenvalue weighted by Gasteiger charge is -2.45. The largest absolute Gasteiger partial charge is 0.496 e. The van der Waals surface area contributed by atoms with Gasteiger partial charge < -0.3 is 24.4 Å². The maximum absolute atomic E-state index is 14.5. The van der Waals surface area contributed by atoms with Crippen LogP contribution in [0.4, 0.5) is 5.69 Å². The molecule has 2 aromatic carbocycles. The number of amides is 2. The lowest BCUT2D eigenvalue weighted by Crippen LogP contribution is -2.54. The van der Waals surface area contributed by atoms with Gasteiger partial charge in [0.1, 0.15) is 18.0 Å². The van der Waals surface area contributed by atoms with Crippen LogP contribution in [0.1, 0.15) is 69.2 Å². The SMILES string of the molecule is COc1ccccc1[C@H]1O[C@H](CC(=O)N2CCCC(C(=O)O)C2)C(=O)N2c3c(cc(Cl)cc31)CC[C@H]2C(C)(C)C. The molecule has 0 aliphatic carbocycles. The Hall–Kier alpha value is -3.10. The number of methoxy groups -OCH3 is 1. The fourth-order valence-corrected chi connectivity index (χ4v) is 6.68. The number of benzene rings is 2. The number of aryl methyl sites for hydroxylation is 1. The smallest absolute Gasteiger partial charge is 0.308 e. The van der Waals surface area contributed by atoms with Crippen LogP contribution in [-0.2, 0) is 25.5 Å². The van der Waals surface area contributed by atoms with Crippen molar-refractivity contribution in [1.29, 1.82) is 0 Å². The zero-order chi connectivity index (χ0) is 28.8. The second-order valence-corrected chi connectivity index (χ2v) is 12.5. The second-order valence-electron chi connectivity index (χ2n) is 12.1. The second kappa shape index (κ2) is 11.1. The van der Waals surface area contributed by atoms with Crippen molar-refractivity contribution in [3.63, 3.8) is 0 Å². The number of likely N-dealkylation sites (tertiary alicyclic amines) is 1. The van der Waals surface area contributed by atoms with Gasteiger partial charge in [-0.1, -0.05) is 50.6 Å². The van der Waals surface area contributed by atoms with Crippen LogP contribution in [0.2, 0.25) is 5.02 Å². The lowest BCUT2D eigenvalue weighted by molar-refractivity contribution is -0.149. The third kappa shape index (κ3) is 5.31. The van der Waals surface area contributed by atoms with Gasteiger partial charge in [-0.25, -0.2) is 0 Å². The summed E-state index contributed by atoms with van der Waals surface area (Å²) in [4.78, 5) is 43.1. The molecular weight excluding hydrogens is 532 g/mol. The van der Waals surface area contributed by atoms with E-state index in [-0.39, 0.29) is 36.2 Å². The predicted molar refractivity (Wildman–Crippen MR) is 152 cm³/mol. The first-order valence-corrected chi connectivity index (χ1v) is 14.3. The number of carboxylic acid groups (broad SMARTS) is 1. The number of hydrogen-bond donors (Lipinski definition) is 1. The van der Waals surface area contributed by atoms with Crippen molar-refractivity contribution < 1.29 is 29.0 Å². The van der Waals surface area contributed by atoms with Crippen LogP contribution in [0.25, 0.3) is 0 Å². The number of hydrogen-bond acceptors (Lipinski definition) is 5. The summed E-state index contributed by atoms with van der Waals surface area (Å²) in [5, 5.41) is 10.1. The van der Waals surface area contributed by atoms with E-state index in [4.69, 9.17) is 21.1 Å². The molecule has 1 unspecified atom stereocenters. The molecule has 4 atom stereocenters. The van der Waals surface area contributed by atoms with Gasteiger partial charge in [0.2, 0.25) is 5.91 Å². The quantitative estimate of drug-likeness (QED) is 0.529. The molecule has 0 saturated carbocycles. The first-order chi connectivity index (χ1) is 19.0. The minimum Gasteiger partial charge on any atom is -0.496 e. The average Bonchev–Trinajstić information content (AvgIpc) is 3.03. The molecule has 0 spiro atoms. The minimum atomic E-state index is -1.07. The highest BCUT2D eigenvalue weighted by Gasteiger charge is 2.47. The monoisotopic (exact) mass is 568 g/mol. The molecule has 0 aromatic heterocycles. The third-order valence-corrected chi connectivity index (χ3v) is 8.64. The molecule has 9 heteroatoms. The molecule has 40 heavy (non-hydrogen) atoms. The summed E-state index contributed by atoms with van der Waals surface area (Å²) in [6, 6.07) is 11.2. The van der Waals surface area contributed by atoms with E-state index >= 15 is 0 Å². The maximum atomic E-state index is 14.5. The first-order valence-electron chi connectivity index (χ1n) is 13.9. The Morgan fingerprint density at radius 2 is 1.90 bits per heavy atom. The van der Waals surface area contributed by atoms with E-state index in [9.17, 15) is 19.5 Å². The lowest BCUT2D eigenvalue weighted by atomic mass is 9.78. The van der Waals surface area contributed by atoms with E-state index in [1.807, 2.05) is 41.3 Å². The van der Waals surface area contributed by atoms with E-state index < -0.39 is 24.1 Å². The van der Waals surface area contributed by atoms with E-state index in [0.717, 1.165) is 35.2 Å². The van der Waals surface area contributed by atoms with Crippen molar-refractivity contribution in [1.82, 2.24) is 4.90 Å². The highest BCUT2D eigenvalue weighted by molar-refractivity contribution is 6.31. The van der Waals surface area contributed by atoms with Gasteiger partial charge >= 0.3 is 5.97 Å². The summed E-state index contributed by atoms with van der Waals surface area (Å²) >= 11 is 6.64. The van der Waals surface area contributed by atoms with Crippen LogP contribution >= 0.6 is 11.6 Å². The van der Waals surface area contributed by atoms with Crippen LogP contribution < -0.4 is 9.64 Å². The van der Waals surface area contributed by atoms with Crippen molar-refractivity contribution in [2.45, 2.75) is 71.1 Å². The normalized spacial score (nSPS) is 24.8. The Kier molecular flexibility index (Phi) is 7.86. The Balaban J connectivity index is 1.61. The van der Waals surface area contributed by atoms with Crippen LogP contribution in [0.15, 0.2) is 36.4 Å². The number of carbonyl (C=O) groups excluding carboxylic acids is 2. The summed E-state index contributed by atoms with van der Waals surface area (Å²) < 4.78 is 12.3. The number of carbonyl (C=O) groups is 3. The third-order valence-electron chi connectivity index (χ3n) is 8.42. The molecule has 3 aliphatic rings. The van der Waals surface area contributed by atoms with Crippen LogP contribution in [0, 0.1) is 11.3 Å². The molecule has 2 amide bonds. The van der Waals surface area contributed by atoms with E-state index in [2.05, 4.69) is 20.8 Å². The topological polar surface area (TPSA) is 96.4 Å². The molecule has 214 valence electrons. The number of para-hydroxylation sites is 1. The molecule has 1 fully saturated rings. The van der Waals surface area contributed by atoms with Gasteiger partial charge in [-0.3, -0.25) is 14.4 Å². The number of anilines is 1. The zero-order valence-electron chi connectivity index (χ0n) is 23.5. The summed E-state index contributed by atoms with van der Waals surface area (Å²) in [6.07, 6.45) is 0.707. The Labute approximate surface area is 240 Å². The standard InChI is InChI=1S/C31H37ClN2O6/c1-31(2,3)25-12-11-18-14-20(32)15-22-27(18)34(25)29(36)24(40-28(22)21-9-5-6-10-23(21)39-4)16-26(35)33-13-7-8-19(17-33)30(37)38/h5-6,9-10,14-15,19,24-25,28H,7-8,11-13,16-17H2,1-4H3,(H,37,38)/t19?,24-,25+,28-/m1/s1. The summed E-state index contributed by atoms with van der Waals surface area (Å²) in [5.41, 5.74) is 3.06. The van der Waals surface area contributed by atoms with Crippen molar-refractivity contribution in [2.75, 3.05) is 25.1 Å². The Morgan fingerprint density at radius 3 is 2.60 bits per heavy atom. The molecule has 5 rings (SSSR count). The molecule has 0 bridgehead atoms. The van der Waals surface area contributed by atoms with Crippen LogP contribution in [0.5, 0.6) is 5.75 Å². The number of ether oxygens (including phenoxy) is 2. The molecule has 3 heterocycles. The van der Waals surface area contributed by atoms with Crippen molar-refractivity contribution in [2.24, 2.45) is 11.3 Å². The van der Waals surface area contributed by atoms with Crippen molar-refractivity contribution in [3.05, 3.63) is 58.1 Å². The van der Waals surface area contributed by atoms with Crippen molar-refractivity contribution >= 4 is 35.1 Å².